The summed E-state index contributed by atoms with van der Waals surface area (Å²) in [6.07, 6.45) is 22.7. The van der Waals surface area contributed by atoms with E-state index < -0.39 is 0 Å². The molecule has 1 nitrogen and oxygen atoms in total. The van der Waals surface area contributed by atoms with Crippen molar-refractivity contribution in [2.75, 3.05) is 0 Å². The highest BCUT2D eigenvalue weighted by atomic mass is 16.1. The van der Waals surface area contributed by atoms with Crippen LogP contribution in [0.25, 0.3) is 0 Å². The molecule has 0 rings (SSSR count). The highest BCUT2D eigenvalue weighted by Gasteiger charge is 1.80. The minimum absolute atomic E-state index is 0.677. The maximum atomic E-state index is 10.1. The molecule has 0 aromatic carbocycles. The summed E-state index contributed by atoms with van der Waals surface area (Å²) >= 11 is 0. The Hall–Kier alpha value is -1.11. The standard InChI is InChI=1S/C16H26O/c1-2-3-4-5-6-7-8-9-10-11-12-13-14-15-16-17/h5-6,9-12,16H,2-4,7-8,13-15H2,1H3. The van der Waals surface area contributed by atoms with Crippen molar-refractivity contribution in [3.63, 3.8) is 0 Å². The molecule has 0 N–H and O–H groups in total. The number of carbonyl (C=O) groups is 1. The zero-order valence-electron chi connectivity index (χ0n) is 11.1. The molecule has 0 aromatic rings. The summed E-state index contributed by atoms with van der Waals surface area (Å²) in [6.45, 7) is 2.22. The van der Waals surface area contributed by atoms with E-state index in [9.17, 15) is 4.79 Å². The Morgan fingerprint density at radius 3 is 2.00 bits per heavy atom. The topological polar surface area (TPSA) is 17.1 Å². The Morgan fingerprint density at radius 1 is 0.706 bits per heavy atom. The van der Waals surface area contributed by atoms with Crippen molar-refractivity contribution in [3.05, 3.63) is 36.5 Å². The Balaban J connectivity index is 3.29. The Morgan fingerprint density at radius 2 is 1.29 bits per heavy atom. The molecule has 0 aliphatic heterocycles. The first-order valence-corrected chi connectivity index (χ1v) is 6.82. The number of unbranched alkanes of at least 4 members (excludes halogenated alkanes) is 5. The molecule has 0 aliphatic rings. The van der Waals surface area contributed by atoms with Crippen LogP contribution in [-0.2, 0) is 4.79 Å². The van der Waals surface area contributed by atoms with E-state index in [1.54, 1.807) is 0 Å². The monoisotopic (exact) mass is 234 g/mol. The van der Waals surface area contributed by atoms with Gasteiger partial charge in [-0.15, -0.1) is 0 Å². The first kappa shape index (κ1) is 15.9. The number of rotatable bonds is 11. The van der Waals surface area contributed by atoms with E-state index >= 15 is 0 Å². The molecular formula is C16H26O. The maximum Gasteiger partial charge on any atom is 0.120 e. The van der Waals surface area contributed by atoms with Gasteiger partial charge in [-0.3, -0.25) is 0 Å². The lowest BCUT2D eigenvalue weighted by Gasteiger charge is -1.89. The SMILES string of the molecule is CCCCC=CCCC=CC=CCCCC=O. The second-order valence-electron chi connectivity index (χ2n) is 4.14. The third-order valence-electron chi connectivity index (χ3n) is 2.47. The molecule has 0 aromatic heterocycles. The van der Waals surface area contributed by atoms with Gasteiger partial charge in [0.1, 0.15) is 6.29 Å². The van der Waals surface area contributed by atoms with Crippen molar-refractivity contribution in [1.29, 1.82) is 0 Å². The third-order valence-corrected chi connectivity index (χ3v) is 2.47. The molecule has 0 aliphatic carbocycles. The van der Waals surface area contributed by atoms with Crippen molar-refractivity contribution < 1.29 is 4.79 Å². The smallest absolute Gasteiger partial charge is 0.120 e. The molecule has 0 fully saturated rings. The summed E-state index contributed by atoms with van der Waals surface area (Å²) in [6, 6.07) is 0. The number of hydrogen-bond donors (Lipinski definition) is 0. The Kier molecular flexibility index (Phi) is 13.9. The van der Waals surface area contributed by atoms with Crippen LogP contribution in [0.5, 0.6) is 0 Å². The number of hydrogen-bond acceptors (Lipinski definition) is 1. The van der Waals surface area contributed by atoms with Crippen LogP contribution in [0.15, 0.2) is 36.5 Å². The van der Waals surface area contributed by atoms with Crippen LogP contribution in [0.4, 0.5) is 0 Å². The van der Waals surface area contributed by atoms with Crippen LogP contribution in [0, 0.1) is 0 Å². The molecule has 0 amide bonds. The lowest BCUT2D eigenvalue weighted by molar-refractivity contribution is -0.107. The van der Waals surface area contributed by atoms with Gasteiger partial charge in [0.2, 0.25) is 0 Å². The summed E-state index contributed by atoms with van der Waals surface area (Å²) in [5.41, 5.74) is 0. The van der Waals surface area contributed by atoms with Crippen molar-refractivity contribution >= 4 is 6.29 Å². The number of allylic oxidation sites excluding steroid dienone is 6. The van der Waals surface area contributed by atoms with E-state index in [0.29, 0.717) is 6.42 Å². The van der Waals surface area contributed by atoms with Gasteiger partial charge in [0.25, 0.3) is 0 Å². The van der Waals surface area contributed by atoms with Gasteiger partial charge in [0.05, 0.1) is 0 Å². The van der Waals surface area contributed by atoms with E-state index in [4.69, 9.17) is 0 Å². The van der Waals surface area contributed by atoms with Crippen molar-refractivity contribution in [2.24, 2.45) is 0 Å². The van der Waals surface area contributed by atoms with Gasteiger partial charge in [-0.2, -0.15) is 0 Å². The first-order chi connectivity index (χ1) is 8.41. The molecule has 0 saturated carbocycles. The minimum atomic E-state index is 0.677. The summed E-state index contributed by atoms with van der Waals surface area (Å²) in [7, 11) is 0. The molecule has 0 spiro atoms. The average Bonchev–Trinajstić information content (AvgIpc) is 2.35. The molecule has 0 heterocycles. The predicted molar refractivity (Wildman–Crippen MR) is 76.1 cm³/mol. The molecule has 0 radical (unpaired) electrons. The van der Waals surface area contributed by atoms with E-state index in [-0.39, 0.29) is 0 Å². The molecule has 0 atom stereocenters. The lowest BCUT2D eigenvalue weighted by atomic mass is 10.2. The van der Waals surface area contributed by atoms with Crippen molar-refractivity contribution in [2.45, 2.75) is 58.3 Å². The molecule has 96 valence electrons. The second kappa shape index (κ2) is 14.9. The molecule has 0 saturated heterocycles. The highest BCUT2D eigenvalue weighted by molar-refractivity contribution is 5.49. The Labute approximate surface area is 106 Å². The van der Waals surface area contributed by atoms with Crippen LogP contribution in [0.3, 0.4) is 0 Å². The van der Waals surface area contributed by atoms with Gasteiger partial charge in [-0.1, -0.05) is 56.2 Å². The predicted octanol–water partition coefficient (Wildman–Crippen LogP) is 4.99. The second-order valence-corrected chi connectivity index (χ2v) is 4.14. The zero-order valence-corrected chi connectivity index (χ0v) is 11.1. The number of aldehydes is 1. The summed E-state index contributed by atoms with van der Waals surface area (Å²) in [4.78, 5) is 10.1. The molecule has 1 heteroatoms. The van der Waals surface area contributed by atoms with Crippen LogP contribution in [-0.4, -0.2) is 6.29 Å². The third kappa shape index (κ3) is 14.9. The summed E-state index contributed by atoms with van der Waals surface area (Å²) in [5.74, 6) is 0. The van der Waals surface area contributed by atoms with E-state index in [2.05, 4.69) is 43.4 Å². The summed E-state index contributed by atoms with van der Waals surface area (Å²) < 4.78 is 0. The van der Waals surface area contributed by atoms with Crippen LogP contribution in [0.2, 0.25) is 0 Å². The molecule has 0 unspecified atom stereocenters. The Bertz CT molecular complexity index is 236. The molecular weight excluding hydrogens is 208 g/mol. The number of carbonyl (C=O) groups excluding carboxylic acids is 1. The average molecular weight is 234 g/mol. The van der Waals surface area contributed by atoms with E-state index in [1.807, 2.05) is 0 Å². The van der Waals surface area contributed by atoms with Gasteiger partial charge in [-0.05, 0) is 32.1 Å². The van der Waals surface area contributed by atoms with Gasteiger partial charge >= 0.3 is 0 Å². The molecule has 17 heavy (non-hydrogen) atoms. The van der Waals surface area contributed by atoms with E-state index in [1.165, 1.54) is 19.3 Å². The minimum Gasteiger partial charge on any atom is -0.303 e. The van der Waals surface area contributed by atoms with Crippen LogP contribution >= 0.6 is 0 Å². The van der Waals surface area contributed by atoms with Gasteiger partial charge < -0.3 is 4.79 Å². The fourth-order valence-corrected chi connectivity index (χ4v) is 1.42. The van der Waals surface area contributed by atoms with Gasteiger partial charge in [0, 0.05) is 6.42 Å². The summed E-state index contributed by atoms with van der Waals surface area (Å²) in [5, 5.41) is 0. The zero-order chi connectivity index (χ0) is 12.6. The maximum absolute atomic E-state index is 10.1. The quantitative estimate of drug-likeness (QED) is 0.213. The normalized spacial score (nSPS) is 12.1. The highest BCUT2D eigenvalue weighted by Crippen LogP contribution is 1.99. The van der Waals surface area contributed by atoms with Crippen molar-refractivity contribution in [1.82, 2.24) is 0 Å². The van der Waals surface area contributed by atoms with Crippen molar-refractivity contribution in [3.8, 4) is 0 Å². The lowest BCUT2D eigenvalue weighted by Crippen LogP contribution is -1.73. The van der Waals surface area contributed by atoms with Gasteiger partial charge in [-0.25, -0.2) is 0 Å². The van der Waals surface area contributed by atoms with Crippen LogP contribution in [0.1, 0.15) is 58.3 Å². The fourth-order valence-electron chi connectivity index (χ4n) is 1.42. The van der Waals surface area contributed by atoms with Gasteiger partial charge in [0.15, 0.2) is 0 Å². The molecule has 0 bridgehead atoms. The first-order valence-electron chi connectivity index (χ1n) is 6.82. The van der Waals surface area contributed by atoms with Crippen LogP contribution < -0.4 is 0 Å². The largest absolute Gasteiger partial charge is 0.303 e. The van der Waals surface area contributed by atoms with E-state index in [0.717, 1.165) is 32.0 Å². The fraction of sp³-hybridized carbons (Fsp3) is 0.562.